The fourth-order valence-corrected chi connectivity index (χ4v) is 3.42. The molecule has 144 valence electrons. The van der Waals surface area contributed by atoms with E-state index in [0.717, 1.165) is 5.56 Å². The van der Waals surface area contributed by atoms with Gasteiger partial charge in [0, 0.05) is 38.3 Å². The van der Waals surface area contributed by atoms with Crippen LogP contribution in [-0.2, 0) is 20.9 Å². The second-order valence-corrected chi connectivity index (χ2v) is 6.90. The average Bonchev–Trinajstić information content (AvgIpc) is 2.68. The second kappa shape index (κ2) is 10.3. The summed E-state index contributed by atoms with van der Waals surface area (Å²) in [6.45, 7) is 2.86. The first-order chi connectivity index (χ1) is 12.5. The molecule has 1 heterocycles. The third-order valence-electron chi connectivity index (χ3n) is 4.14. The van der Waals surface area contributed by atoms with Crippen molar-refractivity contribution in [3.63, 3.8) is 0 Å². The molecule has 0 saturated carbocycles. The maximum absolute atomic E-state index is 12.3. The number of hydrogen-bond donors (Lipinski definition) is 0. The Morgan fingerprint density at radius 1 is 1.19 bits per heavy atom. The van der Waals surface area contributed by atoms with Crippen LogP contribution in [0, 0.1) is 0 Å². The standard InChI is InChI=1S/C18H26N2O5S/c1-19(11-14-4-5-15(23-2)10-16(14)24-3)17(21)12-26-13-18(22)20-6-8-25-9-7-20/h4-5,10H,6-9,11-13H2,1-3H3. The van der Waals surface area contributed by atoms with Crippen LogP contribution >= 0.6 is 11.8 Å². The topological polar surface area (TPSA) is 68.3 Å². The molecular weight excluding hydrogens is 356 g/mol. The Balaban J connectivity index is 1.79. The zero-order valence-corrected chi connectivity index (χ0v) is 16.3. The maximum atomic E-state index is 12.3. The number of carbonyl (C=O) groups excluding carboxylic acids is 2. The van der Waals surface area contributed by atoms with Crippen molar-refractivity contribution in [2.45, 2.75) is 6.54 Å². The summed E-state index contributed by atoms with van der Waals surface area (Å²) in [5.74, 6) is 2.00. The van der Waals surface area contributed by atoms with Crippen molar-refractivity contribution in [3.05, 3.63) is 23.8 Å². The normalized spacial score (nSPS) is 14.0. The van der Waals surface area contributed by atoms with Gasteiger partial charge < -0.3 is 24.0 Å². The molecule has 1 aliphatic heterocycles. The predicted octanol–water partition coefficient (Wildman–Crippen LogP) is 1.25. The Hall–Kier alpha value is -1.93. The van der Waals surface area contributed by atoms with Crippen molar-refractivity contribution in [1.29, 1.82) is 0 Å². The molecule has 8 heteroatoms. The molecule has 1 fully saturated rings. The van der Waals surface area contributed by atoms with E-state index >= 15 is 0 Å². The molecule has 0 N–H and O–H groups in total. The number of morpholine rings is 1. The van der Waals surface area contributed by atoms with E-state index in [1.54, 1.807) is 37.1 Å². The third kappa shape index (κ3) is 5.81. The van der Waals surface area contributed by atoms with Crippen molar-refractivity contribution in [1.82, 2.24) is 9.80 Å². The quantitative estimate of drug-likeness (QED) is 0.674. The zero-order chi connectivity index (χ0) is 18.9. The SMILES string of the molecule is COc1ccc(CN(C)C(=O)CSCC(=O)N2CCOCC2)c(OC)c1. The molecule has 0 bridgehead atoms. The number of thioether (sulfide) groups is 1. The van der Waals surface area contributed by atoms with Gasteiger partial charge in [0.2, 0.25) is 11.8 Å². The molecule has 1 aromatic carbocycles. The van der Waals surface area contributed by atoms with Crippen LogP contribution in [-0.4, -0.2) is 80.7 Å². The first kappa shape index (κ1) is 20.4. The van der Waals surface area contributed by atoms with Gasteiger partial charge in [0.15, 0.2) is 0 Å². The Kier molecular flexibility index (Phi) is 8.06. The van der Waals surface area contributed by atoms with E-state index in [1.165, 1.54) is 11.8 Å². The van der Waals surface area contributed by atoms with E-state index in [-0.39, 0.29) is 17.6 Å². The number of hydrogen-bond acceptors (Lipinski definition) is 6. The molecule has 2 amide bonds. The zero-order valence-electron chi connectivity index (χ0n) is 15.5. The van der Waals surface area contributed by atoms with Gasteiger partial charge in [0.05, 0.1) is 38.9 Å². The monoisotopic (exact) mass is 382 g/mol. The van der Waals surface area contributed by atoms with Gasteiger partial charge in [0.25, 0.3) is 0 Å². The lowest BCUT2D eigenvalue weighted by Gasteiger charge is -2.26. The van der Waals surface area contributed by atoms with E-state index in [0.29, 0.717) is 50.1 Å². The summed E-state index contributed by atoms with van der Waals surface area (Å²) in [6, 6.07) is 5.52. The number of rotatable bonds is 8. The molecule has 1 saturated heterocycles. The van der Waals surface area contributed by atoms with E-state index in [1.807, 2.05) is 12.1 Å². The number of benzene rings is 1. The maximum Gasteiger partial charge on any atom is 0.232 e. The Morgan fingerprint density at radius 2 is 1.92 bits per heavy atom. The van der Waals surface area contributed by atoms with E-state index in [9.17, 15) is 9.59 Å². The molecule has 2 rings (SSSR count). The minimum absolute atomic E-state index is 0.0253. The van der Waals surface area contributed by atoms with Crippen LogP contribution in [0.3, 0.4) is 0 Å². The summed E-state index contributed by atoms with van der Waals surface area (Å²) in [7, 11) is 4.93. The fourth-order valence-electron chi connectivity index (χ4n) is 2.57. The largest absolute Gasteiger partial charge is 0.497 e. The van der Waals surface area contributed by atoms with Gasteiger partial charge in [0.1, 0.15) is 11.5 Å². The Morgan fingerprint density at radius 3 is 2.58 bits per heavy atom. The third-order valence-corrected chi connectivity index (χ3v) is 5.04. The lowest BCUT2D eigenvalue weighted by molar-refractivity contribution is -0.132. The molecular formula is C18H26N2O5S. The van der Waals surface area contributed by atoms with E-state index in [2.05, 4.69) is 0 Å². The first-order valence-electron chi connectivity index (χ1n) is 8.43. The van der Waals surface area contributed by atoms with Gasteiger partial charge in [-0.05, 0) is 12.1 Å². The number of amides is 2. The number of nitrogens with zero attached hydrogens (tertiary/aromatic N) is 2. The highest BCUT2D eigenvalue weighted by Gasteiger charge is 2.18. The smallest absolute Gasteiger partial charge is 0.232 e. The molecule has 1 aliphatic rings. The minimum Gasteiger partial charge on any atom is -0.497 e. The van der Waals surface area contributed by atoms with Crippen LogP contribution in [0.2, 0.25) is 0 Å². The van der Waals surface area contributed by atoms with Crippen molar-refractivity contribution < 1.29 is 23.8 Å². The van der Waals surface area contributed by atoms with Crippen molar-refractivity contribution in [2.24, 2.45) is 0 Å². The van der Waals surface area contributed by atoms with Crippen LogP contribution in [0.25, 0.3) is 0 Å². The summed E-state index contributed by atoms with van der Waals surface area (Å²) >= 11 is 1.34. The van der Waals surface area contributed by atoms with Crippen molar-refractivity contribution >= 4 is 23.6 Å². The fraction of sp³-hybridized carbons (Fsp3) is 0.556. The molecule has 26 heavy (non-hydrogen) atoms. The summed E-state index contributed by atoms with van der Waals surface area (Å²) in [5, 5.41) is 0. The average molecular weight is 382 g/mol. The number of ether oxygens (including phenoxy) is 3. The highest BCUT2D eigenvalue weighted by Crippen LogP contribution is 2.25. The lowest BCUT2D eigenvalue weighted by atomic mass is 10.2. The van der Waals surface area contributed by atoms with Crippen molar-refractivity contribution in [3.8, 4) is 11.5 Å². The highest BCUT2D eigenvalue weighted by molar-refractivity contribution is 8.00. The summed E-state index contributed by atoms with van der Waals surface area (Å²) in [4.78, 5) is 27.8. The minimum atomic E-state index is -0.0253. The van der Waals surface area contributed by atoms with E-state index < -0.39 is 0 Å². The van der Waals surface area contributed by atoms with Crippen LogP contribution in [0.5, 0.6) is 11.5 Å². The highest BCUT2D eigenvalue weighted by atomic mass is 32.2. The van der Waals surface area contributed by atoms with E-state index in [4.69, 9.17) is 14.2 Å². The van der Waals surface area contributed by atoms with Gasteiger partial charge in [-0.2, -0.15) is 0 Å². The molecule has 0 spiro atoms. The molecule has 0 radical (unpaired) electrons. The lowest BCUT2D eigenvalue weighted by Crippen LogP contribution is -2.41. The summed E-state index contributed by atoms with van der Waals surface area (Å²) in [5.41, 5.74) is 0.901. The molecule has 0 atom stereocenters. The molecule has 0 aromatic heterocycles. The van der Waals surface area contributed by atoms with Crippen molar-refractivity contribution in [2.75, 3.05) is 59.1 Å². The Bertz CT molecular complexity index is 620. The van der Waals surface area contributed by atoms with Crippen LogP contribution < -0.4 is 9.47 Å². The van der Waals surface area contributed by atoms with Crippen LogP contribution in [0.1, 0.15) is 5.56 Å². The molecule has 0 unspecified atom stereocenters. The van der Waals surface area contributed by atoms with Crippen LogP contribution in [0.4, 0.5) is 0 Å². The number of carbonyl (C=O) groups is 2. The number of methoxy groups -OCH3 is 2. The Labute approximate surface area is 158 Å². The molecule has 1 aromatic rings. The second-order valence-electron chi connectivity index (χ2n) is 5.91. The van der Waals surface area contributed by atoms with Gasteiger partial charge in [-0.15, -0.1) is 11.8 Å². The van der Waals surface area contributed by atoms with Crippen LogP contribution in [0.15, 0.2) is 18.2 Å². The summed E-state index contributed by atoms with van der Waals surface area (Å²) in [6.07, 6.45) is 0. The predicted molar refractivity (Wildman–Crippen MR) is 101 cm³/mol. The van der Waals surface area contributed by atoms with Gasteiger partial charge >= 0.3 is 0 Å². The van der Waals surface area contributed by atoms with Gasteiger partial charge in [-0.25, -0.2) is 0 Å². The molecule has 7 nitrogen and oxygen atoms in total. The van der Waals surface area contributed by atoms with Gasteiger partial charge in [-0.3, -0.25) is 9.59 Å². The first-order valence-corrected chi connectivity index (χ1v) is 9.58. The molecule has 0 aliphatic carbocycles. The van der Waals surface area contributed by atoms with Gasteiger partial charge in [-0.1, -0.05) is 0 Å². The summed E-state index contributed by atoms with van der Waals surface area (Å²) < 4.78 is 15.8.